The molecule has 2 aromatic rings. The molecule has 8 nitrogen and oxygen atoms in total. The van der Waals surface area contributed by atoms with Gasteiger partial charge in [0.25, 0.3) is 5.69 Å². The summed E-state index contributed by atoms with van der Waals surface area (Å²) >= 11 is 0. The fourth-order valence-electron chi connectivity index (χ4n) is 1.93. The van der Waals surface area contributed by atoms with Gasteiger partial charge >= 0.3 is 6.18 Å². The number of nitro groups is 1. The van der Waals surface area contributed by atoms with E-state index < -0.39 is 37.4 Å². The van der Waals surface area contributed by atoms with Crippen LogP contribution < -0.4 is 5.14 Å². The average Bonchev–Trinajstić information content (AvgIpc) is 2.79. The lowest BCUT2D eigenvalue weighted by Crippen LogP contribution is -2.14. The fourth-order valence-corrected chi connectivity index (χ4v) is 2.69. The lowest BCUT2D eigenvalue weighted by atomic mass is 10.1. The predicted octanol–water partition coefficient (Wildman–Crippen LogP) is 1.66. The number of hydrogen-bond acceptors (Lipinski definition) is 5. The number of rotatable bonds is 3. The van der Waals surface area contributed by atoms with E-state index in [1.165, 1.54) is 7.05 Å². The van der Waals surface area contributed by atoms with Crippen molar-refractivity contribution in [2.24, 2.45) is 12.2 Å². The van der Waals surface area contributed by atoms with Gasteiger partial charge in [-0.3, -0.25) is 14.8 Å². The number of nitro benzene ring substituents is 1. The van der Waals surface area contributed by atoms with Crippen LogP contribution in [0.15, 0.2) is 29.2 Å². The molecule has 1 heterocycles. The molecule has 0 atom stereocenters. The number of aryl methyl sites for hydroxylation is 1. The van der Waals surface area contributed by atoms with Gasteiger partial charge in [0.05, 0.1) is 15.5 Å². The molecule has 0 aliphatic rings. The number of nitrogens with two attached hydrogens (primary N) is 1. The molecule has 1 aromatic heterocycles. The molecular weight excluding hydrogens is 341 g/mol. The molecule has 1 aromatic carbocycles. The van der Waals surface area contributed by atoms with E-state index >= 15 is 0 Å². The SMILES string of the molecule is Cn1nc(C(F)(F)F)cc1-c1ccc([N+](=O)[O-])cc1S(N)(=O)=O. The van der Waals surface area contributed by atoms with Crippen LogP contribution in [0, 0.1) is 10.1 Å². The first-order valence-corrected chi connectivity index (χ1v) is 7.38. The molecule has 0 fully saturated rings. The normalized spacial score (nSPS) is 12.4. The summed E-state index contributed by atoms with van der Waals surface area (Å²) < 4.78 is 62.1. The molecule has 12 heteroatoms. The van der Waals surface area contributed by atoms with Crippen molar-refractivity contribution in [1.82, 2.24) is 9.78 Å². The van der Waals surface area contributed by atoms with Crippen molar-refractivity contribution in [3.63, 3.8) is 0 Å². The molecular formula is C11H9F3N4O4S. The molecule has 2 rings (SSSR count). The zero-order valence-electron chi connectivity index (χ0n) is 11.4. The highest BCUT2D eigenvalue weighted by atomic mass is 32.2. The number of benzene rings is 1. The van der Waals surface area contributed by atoms with E-state index in [0.717, 1.165) is 16.8 Å². The Kier molecular flexibility index (Phi) is 3.90. The van der Waals surface area contributed by atoms with Crippen molar-refractivity contribution in [3.05, 3.63) is 40.1 Å². The fraction of sp³-hybridized carbons (Fsp3) is 0.182. The zero-order valence-corrected chi connectivity index (χ0v) is 12.2. The van der Waals surface area contributed by atoms with Gasteiger partial charge in [-0.15, -0.1) is 0 Å². The summed E-state index contributed by atoms with van der Waals surface area (Å²) in [5.74, 6) is 0. The van der Waals surface area contributed by atoms with Crippen LogP contribution >= 0.6 is 0 Å². The molecule has 0 spiro atoms. The molecule has 0 amide bonds. The highest BCUT2D eigenvalue weighted by Gasteiger charge is 2.35. The number of sulfonamides is 1. The maximum Gasteiger partial charge on any atom is 0.435 e. The molecule has 0 bridgehead atoms. The Bertz CT molecular complexity index is 889. The molecule has 0 unspecified atom stereocenters. The van der Waals surface area contributed by atoms with E-state index in [2.05, 4.69) is 5.10 Å². The molecule has 0 aliphatic carbocycles. The van der Waals surface area contributed by atoms with Crippen LogP contribution in [0.25, 0.3) is 11.3 Å². The van der Waals surface area contributed by atoms with Gasteiger partial charge in [-0.25, -0.2) is 13.6 Å². The minimum atomic E-state index is -4.72. The summed E-state index contributed by atoms with van der Waals surface area (Å²) in [6.07, 6.45) is -4.72. The van der Waals surface area contributed by atoms with Crippen LogP contribution in [0.1, 0.15) is 5.69 Å². The minimum absolute atomic E-state index is 0.198. The Morgan fingerprint density at radius 2 is 1.91 bits per heavy atom. The van der Waals surface area contributed by atoms with Crippen LogP contribution in [-0.4, -0.2) is 23.1 Å². The van der Waals surface area contributed by atoms with Crippen molar-refractivity contribution < 1.29 is 26.5 Å². The number of halogens is 3. The average molecular weight is 350 g/mol. The van der Waals surface area contributed by atoms with Crippen molar-refractivity contribution in [2.45, 2.75) is 11.1 Å². The third-order valence-electron chi connectivity index (χ3n) is 2.93. The highest BCUT2D eigenvalue weighted by molar-refractivity contribution is 7.89. The Morgan fingerprint density at radius 1 is 1.30 bits per heavy atom. The number of aromatic nitrogens is 2. The number of hydrogen-bond donors (Lipinski definition) is 1. The highest BCUT2D eigenvalue weighted by Crippen LogP contribution is 2.34. The van der Waals surface area contributed by atoms with Crippen molar-refractivity contribution in [2.75, 3.05) is 0 Å². The summed E-state index contributed by atoms with van der Waals surface area (Å²) in [6.45, 7) is 0. The first kappa shape index (κ1) is 16.9. The molecule has 23 heavy (non-hydrogen) atoms. The maximum atomic E-state index is 12.7. The van der Waals surface area contributed by atoms with Gasteiger partial charge in [0.1, 0.15) is 0 Å². The third-order valence-corrected chi connectivity index (χ3v) is 3.88. The van der Waals surface area contributed by atoms with Gasteiger partial charge in [0.2, 0.25) is 10.0 Å². The van der Waals surface area contributed by atoms with E-state index in [1.807, 2.05) is 0 Å². The summed E-state index contributed by atoms with van der Waals surface area (Å²) in [6, 6.07) is 3.29. The Morgan fingerprint density at radius 3 is 2.35 bits per heavy atom. The zero-order chi connectivity index (χ0) is 17.6. The van der Waals surface area contributed by atoms with Crippen LogP contribution in [0.2, 0.25) is 0 Å². The van der Waals surface area contributed by atoms with Crippen molar-refractivity contribution in [3.8, 4) is 11.3 Å². The number of alkyl halides is 3. The van der Waals surface area contributed by atoms with Gasteiger partial charge in [0.15, 0.2) is 5.69 Å². The van der Waals surface area contributed by atoms with Crippen LogP contribution in [0.3, 0.4) is 0 Å². The van der Waals surface area contributed by atoms with Gasteiger partial charge in [-0.1, -0.05) is 0 Å². The minimum Gasteiger partial charge on any atom is -0.267 e. The Hall–Kier alpha value is -2.47. The molecule has 0 aliphatic heterocycles. The van der Waals surface area contributed by atoms with Gasteiger partial charge in [0, 0.05) is 24.7 Å². The van der Waals surface area contributed by atoms with Gasteiger partial charge < -0.3 is 0 Å². The van der Waals surface area contributed by atoms with Gasteiger partial charge in [-0.2, -0.15) is 18.3 Å². The van der Waals surface area contributed by atoms with E-state index in [0.29, 0.717) is 12.1 Å². The van der Waals surface area contributed by atoms with Crippen LogP contribution in [-0.2, 0) is 23.2 Å². The van der Waals surface area contributed by atoms with E-state index in [4.69, 9.17) is 5.14 Å². The third kappa shape index (κ3) is 3.32. The number of primary sulfonamides is 1. The molecule has 0 radical (unpaired) electrons. The van der Waals surface area contributed by atoms with E-state index in [-0.39, 0.29) is 11.3 Å². The lowest BCUT2D eigenvalue weighted by Gasteiger charge is -2.07. The number of nitrogens with zero attached hydrogens (tertiary/aromatic N) is 3. The largest absolute Gasteiger partial charge is 0.435 e. The Labute approximate surface area is 127 Å². The first-order chi connectivity index (χ1) is 10.4. The maximum absolute atomic E-state index is 12.7. The van der Waals surface area contributed by atoms with E-state index in [1.54, 1.807) is 0 Å². The smallest absolute Gasteiger partial charge is 0.267 e. The standard InChI is InChI=1S/C11H9F3N4O4S/c1-17-8(5-10(16-17)11(12,13)14)7-3-2-6(18(19)20)4-9(7)23(15,21)22/h2-5H,1H3,(H2,15,21,22). The predicted molar refractivity (Wildman–Crippen MR) is 71.7 cm³/mol. The van der Waals surface area contributed by atoms with E-state index in [9.17, 15) is 31.7 Å². The van der Waals surface area contributed by atoms with Gasteiger partial charge in [-0.05, 0) is 12.1 Å². The van der Waals surface area contributed by atoms with Crippen molar-refractivity contribution >= 4 is 15.7 Å². The second-order valence-electron chi connectivity index (χ2n) is 4.52. The molecule has 0 saturated carbocycles. The lowest BCUT2D eigenvalue weighted by molar-refractivity contribution is -0.385. The van der Waals surface area contributed by atoms with Crippen LogP contribution in [0.4, 0.5) is 18.9 Å². The number of non-ortho nitro benzene ring substituents is 1. The molecule has 2 N–H and O–H groups in total. The molecule has 0 saturated heterocycles. The summed E-state index contributed by atoms with van der Waals surface area (Å²) in [5, 5.41) is 19.0. The molecule has 124 valence electrons. The topological polar surface area (TPSA) is 121 Å². The Balaban J connectivity index is 2.74. The quantitative estimate of drug-likeness (QED) is 0.666. The monoisotopic (exact) mass is 350 g/mol. The second kappa shape index (κ2) is 5.31. The summed E-state index contributed by atoms with van der Waals surface area (Å²) in [5.41, 5.74) is -2.20. The summed E-state index contributed by atoms with van der Waals surface area (Å²) in [7, 11) is -3.23. The first-order valence-electron chi connectivity index (χ1n) is 5.84. The van der Waals surface area contributed by atoms with Crippen LogP contribution in [0.5, 0.6) is 0 Å². The summed E-state index contributed by atoms with van der Waals surface area (Å²) in [4.78, 5) is 9.23. The van der Waals surface area contributed by atoms with Crippen molar-refractivity contribution in [1.29, 1.82) is 0 Å². The second-order valence-corrected chi connectivity index (χ2v) is 6.05.